The summed E-state index contributed by atoms with van der Waals surface area (Å²) >= 11 is 0. The van der Waals surface area contributed by atoms with Crippen molar-refractivity contribution in [3.8, 4) is 0 Å². The van der Waals surface area contributed by atoms with E-state index >= 15 is 0 Å². The first-order valence-electron chi connectivity index (χ1n) is 7.47. The minimum atomic E-state index is -0.272. The highest BCUT2D eigenvalue weighted by Crippen LogP contribution is 2.39. The van der Waals surface area contributed by atoms with E-state index in [-0.39, 0.29) is 11.3 Å². The smallest absolute Gasteiger partial charge is 0.227 e. The minimum absolute atomic E-state index is 0.151. The number of para-hydroxylation sites is 1. The van der Waals surface area contributed by atoms with Gasteiger partial charge in [0.1, 0.15) is 0 Å². The van der Waals surface area contributed by atoms with Gasteiger partial charge in [-0.2, -0.15) is 0 Å². The van der Waals surface area contributed by atoms with Crippen LogP contribution in [0.25, 0.3) is 0 Å². The van der Waals surface area contributed by atoms with E-state index in [2.05, 4.69) is 40.7 Å². The molecule has 0 aromatic heterocycles. The maximum absolute atomic E-state index is 12.0. The van der Waals surface area contributed by atoms with E-state index in [9.17, 15) is 4.79 Å². The van der Waals surface area contributed by atoms with Gasteiger partial charge in [0.2, 0.25) is 5.91 Å². The highest BCUT2D eigenvalue weighted by molar-refractivity contribution is 5.84. The molecule has 1 aromatic carbocycles. The van der Waals surface area contributed by atoms with Crippen LogP contribution in [0.2, 0.25) is 0 Å². The van der Waals surface area contributed by atoms with Crippen LogP contribution in [-0.4, -0.2) is 32.6 Å². The number of carbonyl (C=O) groups is 1. The predicted molar refractivity (Wildman–Crippen MR) is 82.3 cm³/mol. The zero-order valence-electron chi connectivity index (χ0n) is 12.3. The number of hydrogen-bond donors (Lipinski definition) is 2. The second-order valence-corrected chi connectivity index (χ2v) is 6.15. The number of anilines is 2. The SMILES string of the molecule is CNC(=O)C1(C)CCN(c2cccc3c2NCCC3)C1. The van der Waals surface area contributed by atoms with Gasteiger partial charge < -0.3 is 15.5 Å². The third kappa shape index (κ3) is 2.13. The maximum Gasteiger partial charge on any atom is 0.227 e. The topological polar surface area (TPSA) is 44.4 Å². The Morgan fingerprint density at radius 1 is 1.45 bits per heavy atom. The monoisotopic (exact) mass is 273 g/mol. The van der Waals surface area contributed by atoms with Gasteiger partial charge in [-0.25, -0.2) is 0 Å². The summed E-state index contributed by atoms with van der Waals surface area (Å²) in [7, 11) is 1.72. The quantitative estimate of drug-likeness (QED) is 0.866. The van der Waals surface area contributed by atoms with Crippen LogP contribution in [-0.2, 0) is 11.2 Å². The van der Waals surface area contributed by atoms with E-state index in [1.807, 2.05) is 0 Å². The summed E-state index contributed by atoms with van der Waals surface area (Å²) in [6, 6.07) is 6.52. The molecule has 4 nitrogen and oxygen atoms in total. The van der Waals surface area contributed by atoms with Crippen LogP contribution < -0.4 is 15.5 Å². The van der Waals surface area contributed by atoms with Crippen molar-refractivity contribution in [3.05, 3.63) is 23.8 Å². The standard InChI is InChI=1S/C16H23N3O/c1-16(15(20)17-2)8-10-19(11-16)13-7-3-5-12-6-4-9-18-14(12)13/h3,5,7,18H,4,6,8-11H2,1-2H3,(H,17,20). The minimum Gasteiger partial charge on any atom is -0.383 e. The summed E-state index contributed by atoms with van der Waals surface area (Å²) in [6.07, 6.45) is 3.26. The molecule has 1 amide bonds. The highest BCUT2D eigenvalue weighted by Gasteiger charge is 2.40. The molecule has 1 aromatic rings. The number of amides is 1. The molecule has 4 heteroatoms. The number of nitrogens with one attached hydrogen (secondary N) is 2. The summed E-state index contributed by atoms with van der Waals surface area (Å²) in [4.78, 5) is 14.4. The Morgan fingerprint density at radius 2 is 2.30 bits per heavy atom. The molecule has 0 bridgehead atoms. The molecule has 0 aliphatic carbocycles. The normalized spacial score (nSPS) is 25.0. The van der Waals surface area contributed by atoms with Crippen molar-refractivity contribution < 1.29 is 4.79 Å². The fraction of sp³-hybridized carbons (Fsp3) is 0.562. The average molecular weight is 273 g/mol. The fourth-order valence-electron chi connectivity index (χ4n) is 3.41. The van der Waals surface area contributed by atoms with Crippen LogP contribution in [0.3, 0.4) is 0 Å². The van der Waals surface area contributed by atoms with Gasteiger partial charge in [0.05, 0.1) is 16.8 Å². The Hall–Kier alpha value is -1.71. The largest absolute Gasteiger partial charge is 0.383 e. The second-order valence-electron chi connectivity index (χ2n) is 6.15. The molecule has 3 rings (SSSR count). The van der Waals surface area contributed by atoms with E-state index in [1.165, 1.54) is 23.4 Å². The van der Waals surface area contributed by atoms with E-state index in [0.29, 0.717) is 0 Å². The lowest BCUT2D eigenvalue weighted by Gasteiger charge is -2.28. The molecule has 1 saturated heterocycles. The Kier molecular flexibility index (Phi) is 3.32. The van der Waals surface area contributed by atoms with Crippen LogP contribution >= 0.6 is 0 Å². The molecule has 108 valence electrons. The molecule has 2 heterocycles. The van der Waals surface area contributed by atoms with Crippen molar-refractivity contribution in [1.82, 2.24) is 5.32 Å². The van der Waals surface area contributed by atoms with Gasteiger partial charge in [-0.05, 0) is 37.8 Å². The van der Waals surface area contributed by atoms with Gasteiger partial charge in [0.25, 0.3) is 0 Å². The van der Waals surface area contributed by atoms with Crippen molar-refractivity contribution in [1.29, 1.82) is 0 Å². The summed E-state index contributed by atoms with van der Waals surface area (Å²) in [5, 5.41) is 6.34. The van der Waals surface area contributed by atoms with Gasteiger partial charge in [0, 0.05) is 26.7 Å². The molecule has 0 saturated carbocycles. The molecule has 20 heavy (non-hydrogen) atoms. The highest BCUT2D eigenvalue weighted by atomic mass is 16.2. The van der Waals surface area contributed by atoms with Crippen LogP contribution in [0.4, 0.5) is 11.4 Å². The lowest BCUT2D eigenvalue weighted by Crippen LogP contribution is -2.39. The average Bonchev–Trinajstić information content (AvgIpc) is 2.89. The summed E-state index contributed by atoms with van der Waals surface area (Å²) in [6.45, 7) is 4.85. The first-order valence-corrected chi connectivity index (χ1v) is 7.47. The number of rotatable bonds is 2. The van der Waals surface area contributed by atoms with Crippen LogP contribution in [0.15, 0.2) is 18.2 Å². The molecule has 1 unspecified atom stereocenters. The van der Waals surface area contributed by atoms with Crippen molar-refractivity contribution in [2.45, 2.75) is 26.2 Å². The number of nitrogens with zero attached hydrogens (tertiary/aromatic N) is 1. The van der Waals surface area contributed by atoms with Crippen molar-refractivity contribution in [2.75, 3.05) is 36.9 Å². The molecule has 0 spiro atoms. The van der Waals surface area contributed by atoms with Crippen LogP contribution in [0.5, 0.6) is 0 Å². The van der Waals surface area contributed by atoms with Crippen molar-refractivity contribution in [3.63, 3.8) is 0 Å². The zero-order chi connectivity index (χ0) is 14.2. The van der Waals surface area contributed by atoms with Crippen LogP contribution in [0.1, 0.15) is 25.3 Å². The molecule has 0 radical (unpaired) electrons. The third-order valence-electron chi connectivity index (χ3n) is 4.64. The first-order chi connectivity index (χ1) is 9.64. The van der Waals surface area contributed by atoms with E-state index in [1.54, 1.807) is 7.05 Å². The van der Waals surface area contributed by atoms with Crippen molar-refractivity contribution >= 4 is 17.3 Å². The number of fused-ring (bicyclic) bond motifs is 1. The first kappa shape index (κ1) is 13.3. The van der Waals surface area contributed by atoms with Gasteiger partial charge >= 0.3 is 0 Å². The lowest BCUT2D eigenvalue weighted by atomic mass is 9.89. The molecule has 1 atom stereocenters. The van der Waals surface area contributed by atoms with Gasteiger partial charge in [0.15, 0.2) is 0 Å². The Labute approximate surface area is 120 Å². The second kappa shape index (κ2) is 5.00. The Balaban J connectivity index is 1.87. The molecule has 1 fully saturated rings. The molecular weight excluding hydrogens is 250 g/mol. The number of carbonyl (C=O) groups excluding carboxylic acids is 1. The predicted octanol–water partition coefficient (Wildman–Crippen LogP) is 2.01. The van der Waals surface area contributed by atoms with E-state index in [4.69, 9.17) is 0 Å². The number of hydrogen-bond acceptors (Lipinski definition) is 3. The van der Waals surface area contributed by atoms with Gasteiger partial charge in [-0.1, -0.05) is 12.1 Å². The van der Waals surface area contributed by atoms with Gasteiger partial charge in [-0.15, -0.1) is 0 Å². The number of benzene rings is 1. The Bertz CT molecular complexity index is 528. The molecule has 2 aliphatic rings. The Morgan fingerprint density at radius 3 is 3.10 bits per heavy atom. The fourth-order valence-corrected chi connectivity index (χ4v) is 3.41. The number of aryl methyl sites for hydroxylation is 1. The van der Waals surface area contributed by atoms with E-state index in [0.717, 1.165) is 32.5 Å². The maximum atomic E-state index is 12.0. The summed E-state index contributed by atoms with van der Waals surface area (Å²) < 4.78 is 0. The van der Waals surface area contributed by atoms with Crippen molar-refractivity contribution in [2.24, 2.45) is 5.41 Å². The van der Waals surface area contributed by atoms with E-state index < -0.39 is 0 Å². The third-order valence-corrected chi connectivity index (χ3v) is 4.64. The molecule has 2 N–H and O–H groups in total. The molecular formula is C16H23N3O. The zero-order valence-corrected chi connectivity index (χ0v) is 12.3. The van der Waals surface area contributed by atoms with Crippen LogP contribution in [0, 0.1) is 5.41 Å². The molecule has 2 aliphatic heterocycles. The lowest BCUT2D eigenvalue weighted by molar-refractivity contribution is -0.128. The van der Waals surface area contributed by atoms with Gasteiger partial charge in [-0.3, -0.25) is 4.79 Å². The summed E-state index contributed by atoms with van der Waals surface area (Å²) in [5.41, 5.74) is 3.67. The summed E-state index contributed by atoms with van der Waals surface area (Å²) in [5.74, 6) is 0.151.